The molecule has 2 aromatic carbocycles. The molecular weight excluding hydrogens is 347 g/mol. The van der Waals surface area contributed by atoms with E-state index in [0.717, 1.165) is 0 Å². The van der Waals surface area contributed by atoms with Gasteiger partial charge in [-0.3, -0.25) is 9.52 Å². The van der Waals surface area contributed by atoms with Crippen LogP contribution in [-0.2, 0) is 10.0 Å². The average molecular weight is 359 g/mol. The monoisotopic (exact) mass is 358 g/mol. The lowest BCUT2D eigenvalue weighted by atomic mass is 10.2. The van der Waals surface area contributed by atoms with Gasteiger partial charge in [-0.15, -0.1) is 0 Å². The number of nitrogens with one attached hydrogen (secondary N) is 1. The first-order valence-electron chi connectivity index (χ1n) is 6.09. The number of benzene rings is 2. The summed E-state index contributed by atoms with van der Waals surface area (Å²) >= 11 is 11.8. The zero-order valence-electron chi connectivity index (χ0n) is 11.4. The second kappa shape index (κ2) is 6.16. The van der Waals surface area contributed by atoms with E-state index in [9.17, 15) is 13.2 Å². The molecule has 0 radical (unpaired) electrons. The van der Waals surface area contributed by atoms with Crippen LogP contribution in [-0.4, -0.2) is 14.3 Å². The summed E-state index contributed by atoms with van der Waals surface area (Å²) in [6.45, 7) is 1.65. The van der Waals surface area contributed by atoms with Crippen molar-refractivity contribution in [2.45, 2.75) is 11.8 Å². The van der Waals surface area contributed by atoms with Crippen LogP contribution < -0.4 is 10.5 Å². The fraction of sp³-hybridized carbons (Fsp3) is 0.0714. The fourth-order valence-electron chi connectivity index (χ4n) is 1.82. The number of hydrogen-bond donors (Lipinski definition) is 2. The Morgan fingerprint density at radius 2 is 1.82 bits per heavy atom. The summed E-state index contributed by atoms with van der Waals surface area (Å²) in [5.41, 5.74) is 5.91. The number of carbonyl (C=O) groups excluding carboxylic acids is 1. The molecule has 0 aliphatic heterocycles. The van der Waals surface area contributed by atoms with Crippen LogP contribution in [0.2, 0.25) is 10.0 Å². The topological polar surface area (TPSA) is 89.3 Å². The van der Waals surface area contributed by atoms with Crippen LogP contribution in [0.3, 0.4) is 0 Å². The molecule has 0 unspecified atom stereocenters. The molecule has 2 aromatic rings. The Balaban J connectivity index is 2.47. The van der Waals surface area contributed by atoms with Crippen molar-refractivity contribution in [1.29, 1.82) is 0 Å². The molecule has 8 heteroatoms. The SMILES string of the molecule is Cc1ccc(Cl)cc1S(=O)(=O)Nc1cc(C(N)=O)ccc1Cl. The molecule has 0 fully saturated rings. The highest BCUT2D eigenvalue weighted by Gasteiger charge is 2.19. The Morgan fingerprint density at radius 1 is 1.14 bits per heavy atom. The summed E-state index contributed by atoms with van der Waals surface area (Å²) in [6, 6.07) is 8.61. The maximum Gasteiger partial charge on any atom is 0.262 e. The van der Waals surface area contributed by atoms with Gasteiger partial charge in [-0.05, 0) is 42.8 Å². The van der Waals surface area contributed by atoms with Crippen LogP contribution in [0.15, 0.2) is 41.3 Å². The van der Waals surface area contributed by atoms with Gasteiger partial charge in [0.05, 0.1) is 15.6 Å². The van der Waals surface area contributed by atoms with Crippen molar-refractivity contribution in [2.24, 2.45) is 5.73 Å². The Morgan fingerprint density at radius 3 is 2.45 bits per heavy atom. The first-order chi connectivity index (χ1) is 10.2. The van der Waals surface area contributed by atoms with Crippen molar-refractivity contribution in [3.8, 4) is 0 Å². The predicted octanol–water partition coefficient (Wildman–Crippen LogP) is 3.20. The quantitative estimate of drug-likeness (QED) is 0.879. The number of primary amides is 1. The van der Waals surface area contributed by atoms with Crippen LogP contribution in [0.4, 0.5) is 5.69 Å². The number of halogens is 2. The maximum atomic E-state index is 12.5. The Labute approximate surface area is 138 Å². The third-order valence-corrected chi connectivity index (χ3v) is 5.01. The van der Waals surface area contributed by atoms with Gasteiger partial charge in [0.2, 0.25) is 5.91 Å². The average Bonchev–Trinajstić information content (AvgIpc) is 2.43. The van der Waals surface area contributed by atoms with E-state index in [0.29, 0.717) is 10.6 Å². The highest BCUT2D eigenvalue weighted by atomic mass is 35.5. The van der Waals surface area contributed by atoms with Gasteiger partial charge >= 0.3 is 0 Å². The summed E-state index contributed by atoms with van der Waals surface area (Å²) in [4.78, 5) is 11.2. The summed E-state index contributed by atoms with van der Waals surface area (Å²) in [5.74, 6) is -0.684. The minimum Gasteiger partial charge on any atom is -0.366 e. The molecule has 0 atom stereocenters. The third-order valence-electron chi connectivity index (χ3n) is 2.93. The van der Waals surface area contributed by atoms with Crippen molar-refractivity contribution >= 4 is 44.8 Å². The molecule has 1 amide bonds. The molecule has 0 aliphatic carbocycles. The molecule has 2 rings (SSSR count). The summed E-state index contributed by atoms with van der Waals surface area (Å²) in [5, 5.41) is 0.441. The van der Waals surface area contributed by atoms with E-state index in [2.05, 4.69) is 4.72 Å². The normalized spacial score (nSPS) is 11.2. The first-order valence-corrected chi connectivity index (χ1v) is 8.33. The fourth-order valence-corrected chi connectivity index (χ4v) is 3.62. The lowest BCUT2D eigenvalue weighted by Crippen LogP contribution is -2.16. The molecule has 5 nitrogen and oxygen atoms in total. The molecule has 116 valence electrons. The second-order valence-corrected chi connectivity index (χ2v) is 7.07. The van der Waals surface area contributed by atoms with Crippen molar-refractivity contribution in [3.05, 3.63) is 57.6 Å². The molecular formula is C14H12Cl2N2O3S. The van der Waals surface area contributed by atoms with E-state index in [1.807, 2.05) is 0 Å². The number of nitrogens with two attached hydrogens (primary N) is 1. The van der Waals surface area contributed by atoms with Crippen molar-refractivity contribution in [1.82, 2.24) is 0 Å². The molecule has 0 saturated carbocycles. The van der Waals surface area contributed by atoms with E-state index in [4.69, 9.17) is 28.9 Å². The van der Waals surface area contributed by atoms with Gasteiger partial charge in [-0.25, -0.2) is 8.42 Å². The van der Waals surface area contributed by atoms with E-state index >= 15 is 0 Å². The third kappa shape index (κ3) is 3.52. The number of aryl methyl sites for hydroxylation is 1. The van der Waals surface area contributed by atoms with Crippen LogP contribution >= 0.6 is 23.2 Å². The van der Waals surface area contributed by atoms with Gasteiger partial charge in [-0.1, -0.05) is 29.3 Å². The highest BCUT2D eigenvalue weighted by Crippen LogP contribution is 2.27. The number of anilines is 1. The van der Waals surface area contributed by atoms with Crippen molar-refractivity contribution in [3.63, 3.8) is 0 Å². The zero-order chi connectivity index (χ0) is 16.5. The number of rotatable bonds is 4. The van der Waals surface area contributed by atoms with Crippen molar-refractivity contribution in [2.75, 3.05) is 4.72 Å². The maximum absolute atomic E-state index is 12.5. The number of sulfonamides is 1. The Bertz CT molecular complexity index is 851. The largest absolute Gasteiger partial charge is 0.366 e. The van der Waals surface area contributed by atoms with Gasteiger partial charge < -0.3 is 5.73 Å². The molecule has 0 aliphatic rings. The van der Waals surface area contributed by atoms with E-state index in [1.165, 1.54) is 24.3 Å². The smallest absolute Gasteiger partial charge is 0.262 e. The van der Waals surface area contributed by atoms with Gasteiger partial charge in [0.15, 0.2) is 0 Å². The number of hydrogen-bond acceptors (Lipinski definition) is 3. The minimum absolute atomic E-state index is 0.0283. The first kappa shape index (κ1) is 16.6. The van der Waals surface area contributed by atoms with Gasteiger partial charge in [-0.2, -0.15) is 0 Å². The molecule has 0 bridgehead atoms. The zero-order valence-corrected chi connectivity index (χ0v) is 13.8. The summed E-state index contributed by atoms with van der Waals surface area (Å²) in [6.07, 6.45) is 0. The van der Waals surface area contributed by atoms with Crippen LogP contribution in [0, 0.1) is 6.92 Å². The summed E-state index contributed by atoms with van der Waals surface area (Å²) in [7, 11) is -3.90. The minimum atomic E-state index is -3.90. The summed E-state index contributed by atoms with van der Waals surface area (Å²) < 4.78 is 27.3. The number of carbonyl (C=O) groups is 1. The van der Waals surface area contributed by atoms with Crippen LogP contribution in [0.5, 0.6) is 0 Å². The van der Waals surface area contributed by atoms with Crippen molar-refractivity contribution < 1.29 is 13.2 Å². The molecule has 3 N–H and O–H groups in total. The van der Waals surface area contributed by atoms with Gasteiger partial charge in [0.25, 0.3) is 10.0 Å². The standard InChI is InChI=1S/C14H12Cl2N2O3S/c1-8-2-4-10(15)7-13(8)22(20,21)18-12-6-9(14(17)19)3-5-11(12)16/h2-7,18H,1H3,(H2,17,19). The van der Waals surface area contributed by atoms with E-state index < -0.39 is 15.9 Å². The molecule has 0 heterocycles. The van der Waals surface area contributed by atoms with Gasteiger partial charge in [0.1, 0.15) is 0 Å². The van der Waals surface area contributed by atoms with Crippen LogP contribution in [0.25, 0.3) is 0 Å². The Kier molecular flexibility index (Phi) is 4.65. The number of amides is 1. The van der Waals surface area contributed by atoms with Gasteiger partial charge in [0, 0.05) is 10.6 Å². The second-order valence-electron chi connectivity index (χ2n) is 4.57. The van der Waals surface area contributed by atoms with Crippen LogP contribution in [0.1, 0.15) is 15.9 Å². The molecule has 0 aromatic heterocycles. The Hall–Kier alpha value is -1.76. The highest BCUT2D eigenvalue weighted by molar-refractivity contribution is 7.92. The molecule has 22 heavy (non-hydrogen) atoms. The molecule has 0 saturated heterocycles. The lowest BCUT2D eigenvalue weighted by Gasteiger charge is -2.12. The lowest BCUT2D eigenvalue weighted by molar-refractivity contribution is 0.100. The van der Waals surface area contributed by atoms with E-state index in [-0.39, 0.29) is 21.2 Å². The molecule has 0 spiro atoms. The van der Waals surface area contributed by atoms with E-state index in [1.54, 1.807) is 19.1 Å². The predicted molar refractivity (Wildman–Crippen MR) is 87.0 cm³/mol.